The summed E-state index contributed by atoms with van der Waals surface area (Å²) in [5.41, 5.74) is -0.620. The van der Waals surface area contributed by atoms with Gasteiger partial charge in [0, 0.05) is 13.2 Å². The number of benzene rings is 1. The number of methoxy groups -OCH3 is 1. The fourth-order valence-corrected chi connectivity index (χ4v) is 1.26. The number of rotatable bonds is 6. The van der Waals surface area contributed by atoms with Gasteiger partial charge in [-0.25, -0.2) is 4.79 Å². The molecular weight excluding hydrogens is 242 g/mol. The summed E-state index contributed by atoms with van der Waals surface area (Å²) in [6.07, 6.45) is -0.300. The summed E-state index contributed by atoms with van der Waals surface area (Å²) in [7, 11) is 1.46. The first kappa shape index (κ1) is 13.9. The van der Waals surface area contributed by atoms with Crippen LogP contribution >= 0.6 is 0 Å². The summed E-state index contributed by atoms with van der Waals surface area (Å²) in [5, 5.41) is 19.8. The molecule has 0 aliphatic heterocycles. The van der Waals surface area contributed by atoms with E-state index in [4.69, 9.17) is 14.6 Å². The molecule has 98 valence electrons. The Hall–Kier alpha value is -2.15. The first-order valence-corrected chi connectivity index (χ1v) is 5.13. The molecule has 0 saturated carbocycles. The normalized spacial score (nSPS) is 11.9. The summed E-state index contributed by atoms with van der Waals surface area (Å²) >= 11 is 0. The molecule has 0 aliphatic rings. The number of carboxylic acid groups (broad SMARTS) is 1. The zero-order chi connectivity index (χ0) is 13.7. The van der Waals surface area contributed by atoms with E-state index >= 15 is 0 Å². The third-order valence-corrected chi connectivity index (χ3v) is 2.29. The number of nitro benzene ring substituents is 1. The van der Waals surface area contributed by atoms with Crippen LogP contribution in [-0.4, -0.2) is 35.8 Å². The van der Waals surface area contributed by atoms with Gasteiger partial charge in [0.1, 0.15) is 12.2 Å². The fourth-order valence-electron chi connectivity index (χ4n) is 1.26. The third kappa shape index (κ3) is 3.17. The number of carboxylic acids is 1. The predicted molar refractivity (Wildman–Crippen MR) is 62.0 cm³/mol. The number of aromatic carboxylic acids is 1. The van der Waals surface area contributed by atoms with Crippen molar-refractivity contribution >= 4 is 11.7 Å². The number of nitrogens with zero attached hydrogens (tertiary/aromatic N) is 1. The smallest absolute Gasteiger partial charge is 0.339 e. The SMILES string of the molecule is COC(C)COc1c(C(=O)O)cccc1[N+](=O)[O-]. The van der Waals surface area contributed by atoms with Crippen molar-refractivity contribution in [3.8, 4) is 5.75 Å². The third-order valence-electron chi connectivity index (χ3n) is 2.29. The van der Waals surface area contributed by atoms with Gasteiger partial charge in [-0.1, -0.05) is 6.07 Å². The average Bonchev–Trinajstić information content (AvgIpc) is 2.34. The highest BCUT2D eigenvalue weighted by molar-refractivity contribution is 5.92. The molecule has 0 spiro atoms. The standard InChI is InChI=1S/C11H13NO6/c1-7(17-2)6-18-10-8(11(13)14)4-3-5-9(10)12(15)16/h3-5,7H,6H2,1-2H3,(H,13,14). The molecule has 18 heavy (non-hydrogen) atoms. The van der Waals surface area contributed by atoms with Crippen LogP contribution in [0.3, 0.4) is 0 Å². The fraction of sp³-hybridized carbons (Fsp3) is 0.364. The Morgan fingerprint density at radius 1 is 1.56 bits per heavy atom. The van der Waals surface area contributed by atoms with E-state index in [1.54, 1.807) is 6.92 Å². The molecule has 1 atom stereocenters. The van der Waals surface area contributed by atoms with E-state index in [2.05, 4.69) is 0 Å². The summed E-state index contributed by atoms with van der Waals surface area (Å²) in [6, 6.07) is 3.75. The maximum atomic E-state index is 11.0. The van der Waals surface area contributed by atoms with Crippen LogP contribution in [0.25, 0.3) is 0 Å². The Kier molecular flexibility index (Phi) is 4.61. The van der Waals surface area contributed by atoms with Crippen LogP contribution in [0, 0.1) is 10.1 Å². The molecule has 1 unspecified atom stereocenters. The van der Waals surface area contributed by atoms with Gasteiger partial charge in [-0.3, -0.25) is 10.1 Å². The van der Waals surface area contributed by atoms with Crippen LogP contribution in [0.1, 0.15) is 17.3 Å². The Bertz CT molecular complexity index is 427. The highest BCUT2D eigenvalue weighted by Gasteiger charge is 2.23. The lowest BCUT2D eigenvalue weighted by Gasteiger charge is -2.13. The zero-order valence-corrected chi connectivity index (χ0v) is 9.95. The van der Waals surface area contributed by atoms with Crippen molar-refractivity contribution in [2.75, 3.05) is 13.7 Å². The summed E-state index contributed by atoms with van der Waals surface area (Å²) < 4.78 is 10.1. The molecule has 0 aliphatic carbocycles. The minimum atomic E-state index is -1.28. The van der Waals surface area contributed by atoms with Crippen LogP contribution in [-0.2, 0) is 4.74 Å². The second-order valence-corrected chi connectivity index (χ2v) is 3.57. The monoisotopic (exact) mass is 255 g/mol. The van der Waals surface area contributed by atoms with Gasteiger partial charge >= 0.3 is 11.7 Å². The molecule has 1 N–H and O–H groups in total. The minimum Gasteiger partial charge on any atom is -0.483 e. The molecule has 0 heterocycles. The van der Waals surface area contributed by atoms with Gasteiger partial charge in [0.05, 0.1) is 11.0 Å². The Labute approximate surface area is 103 Å². The molecule has 1 aromatic carbocycles. The summed E-state index contributed by atoms with van der Waals surface area (Å²) in [5.74, 6) is -1.53. The van der Waals surface area contributed by atoms with Gasteiger partial charge in [0.15, 0.2) is 0 Å². The van der Waals surface area contributed by atoms with Crippen LogP contribution in [0.2, 0.25) is 0 Å². The van der Waals surface area contributed by atoms with Gasteiger partial charge in [0.2, 0.25) is 5.75 Å². The second-order valence-electron chi connectivity index (χ2n) is 3.57. The summed E-state index contributed by atoms with van der Waals surface area (Å²) in [6.45, 7) is 1.73. The quantitative estimate of drug-likeness (QED) is 0.613. The molecular formula is C11H13NO6. The maximum absolute atomic E-state index is 11.0. The van der Waals surface area contributed by atoms with E-state index < -0.39 is 10.9 Å². The molecule has 1 aromatic rings. The van der Waals surface area contributed by atoms with Crippen molar-refractivity contribution in [1.29, 1.82) is 0 Å². The van der Waals surface area contributed by atoms with E-state index in [1.165, 1.54) is 25.3 Å². The van der Waals surface area contributed by atoms with Crippen molar-refractivity contribution in [2.24, 2.45) is 0 Å². The lowest BCUT2D eigenvalue weighted by atomic mass is 10.1. The van der Waals surface area contributed by atoms with E-state index in [0.717, 1.165) is 0 Å². The van der Waals surface area contributed by atoms with Crippen molar-refractivity contribution in [2.45, 2.75) is 13.0 Å². The van der Waals surface area contributed by atoms with Crippen molar-refractivity contribution < 1.29 is 24.3 Å². The summed E-state index contributed by atoms with van der Waals surface area (Å²) in [4.78, 5) is 21.1. The number of nitro groups is 1. The molecule has 7 heteroatoms. The van der Waals surface area contributed by atoms with Gasteiger partial charge < -0.3 is 14.6 Å². The Morgan fingerprint density at radius 2 is 2.22 bits per heavy atom. The first-order chi connectivity index (χ1) is 8.47. The number of ether oxygens (including phenoxy) is 2. The highest BCUT2D eigenvalue weighted by Crippen LogP contribution is 2.31. The van der Waals surface area contributed by atoms with E-state index in [9.17, 15) is 14.9 Å². The van der Waals surface area contributed by atoms with Crippen molar-refractivity contribution in [3.05, 3.63) is 33.9 Å². The molecule has 0 fully saturated rings. The number of hydrogen-bond acceptors (Lipinski definition) is 5. The maximum Gasteiger partial charge on any atom is 0.339 e. The molecule has 0 bridgehead atoms. The predicted octanol–water partition coefficient (Wildman–Crippen LogP) is 1.71. The first-order valence-electron chi connectivity index (χ1n) is 5.13. The van der Waals surface area contributed by atoms with Crippen LogP contribution in [0.5, 0.6) is 5.75 Å². The van der Waals surface area contributed by atoms with Gasteiger partial charge in [-0.2, -0.15) is 0 Å². The number of carbonyl (C=O) groups is 1. The topological polar surface area (TPSA) is 98.9 Å². The molecule has 0 aromatic heterocycles. The average molecular weight is 255 g/mol. The van der Waals surface area contributed by atoms with Crippen LogP contribution in [0.15, 0.2) is 18.2 Å². The number of para-hydroxylation sites is 1. The van der Waals surface area contributed by atoms with Crippen LogP contribution < -0.4 is 4.74 Å². The largest absolute Gasteiger partial charge is 0.483 e. The molecule has 7 nitrogen and oxygen atoms in total. The Balaban J connectivity index is 3.11. The Morgan fingerprint density at radius 3 is 2.72 bits per heavy atom. The molecule has 0 saturated heterocycles. The second kappa shape index (κ2) is 5.97. The minimum absolute atomic E-state index is 0.0294. The van der Waals surface area contributed by atoms with E-state index in [1.807, 2.05) is 0 Å². The molecule has 0 amide bonds. The number of hydrogen-bond donors (Lipinski definition) is 1. The van der Waals surface area contributed by atoms with Crippen molar-refractivity contribution in [1.82, 2.24) is 0 Å². The van der Waals surface area contributed by atoms with Gasteiger partial charge in [-0.15, -0.1) is 0 Å². The zero-order valence-electron chi connectivity index (χ0n) is 9.95. The van der Waals surface area contributed by atoms with Crippen LogP contribution in [0.4, 0.5) is 5.69 Å². The lowest BCUT2D eigenvalue weighted by molar-refractivity contribution is -0.386. The van der Waals surface area contributed by atoms with E-state index in [-0.39, 0.29) is 29.7 Å². The van der Waals surface area contributed by atoms with Gasteiger partial charge in [0.25, 0.3) is 0 Å². The van der Waals surface area contributed by atoms with E-state index in [0.29, 0.717) is 0 Å². The van der Waals surface area contributed by atoms with Gasteiger partial charge in [-0.05, 0) is 13.0 Å². The molecule has 1 rings (SSSR count). The van der Waals surface area contributed by atoms with Crippen molar-refractivity contribution in [3.63, 3.8) is 0 Å². The highest BCUT2D eigenvalue weighted by atomic mass is 16.6. The lowest BCUT2D eigenvalue weighted by Crippen LogP contribution is -2.17. The molecule has 0 radical (unpaired) electrons.